The fraction of sp³-hybridized carbons (Fsp3) is 0.524. The van der Waals surface area contributed by atoms with Crippen molar-refractivity contribution < 1.29 is 46.5 Å². The number of rotatable bonds is 2. The summed E-state index contributed by atoms with van der Waals surface area (Å²) in [5.74, 6) is 0.259. The molecule has 0 aliphatic carbocycles. The SMILES string of the molecule is Nc1ncnc2c1ncn2[C@@H]1O[C@@H]2CO[P@](=O)(S)O[C@H]3[C@H]4OC[C@]3(CO[P@@](=O)(S)O[C@@H]1[C@@H]2O)O[C@H]4n1cnc2c(N)ncnc21. The van der Waals surface area contributed by atoms with Gasteiger partial charge in [0.25, 0.3) is 0 Å². The number of fused-ring (bicyclic) bond motifs is 4. The maximum absolute atomic E-state index is 13.7. The summed E-state index contributed by atoms with van der Waals surface area (Å²) >= 11 is 8.38. The Labute approximate surface area is 262 Å². The molecule has 0 unspecified atom stereocenters. The van der Waals surface area contributed by atoms with Crippen LogP contribution in [0, 0.1) is 0 Å². The van der Waals surface area contributed by atoms with Gasteiger partial charge in [-0.05, 0) is 0 Å². The molecule has 8 heterocycles. The molecule has 240 valence electrons. The summed E-state index contributed by atoms with van der Waals surface area (Å²) in [6, 6.07) is 0. The Balaban J connectivity index is 1.14. The zero-order chi connectivity index (χ0) is 31.3. The van der Waals surface area contributed by atoms with Gasteiger partial charge in [-0.2, -0.15) is 0 Å². The van der Waals surface area contributed by atoms with Crippen molar-refractivity contribution in [1.82, 2.24) is 39.0 Å². The van der Waals surface area contributed by atoms with Crippen LogP contribution in [0.3, 0.4) is 0 Å². The van der Waals surface area contributed by atoms with Gasteiger partial charge in [-0.15, -0.1) is 0 Å². The Morgan fingerprint density at radius 2 is 1.47 bits per heavy atom. The molecule has 4 fully saturated rings. The second kappa shape index (κ2) is 10.5. The van der Waals surface area contributed by atoms with Gasteiger partial charge in [0.1, 0.15) is 59.8 Å². The van der Waals surface area contributed by atoms with Crippen molar-refractivity contribution in [2.24, 2.45) is 0 Å². The van der Waals surface area contributed by atoms with Gasteiger partial charge in [-0.3, -0.25) is 27.2 Å². The highest BCUT2D eigenvalue weighted by atomic mass is 32.7. The predicted molar refractivity (Wildman–Crippen MR) is 157 cm³/mol. The maximum atomic E-state index is 13.7. The molecule has 4 aliphatic heterocycles. The van der Waals surface area contributed by atoms with Crippen molar-refractivity contribution >= 4 is 72.1 Å². The predicted octanol–water partition coefficient (Wildman–Crippen LogP) is 0.648. The Kier molecular flexibility index (Phi) is 7.00. The van der Waals surface area contributed by atoms with E-state index < -0.39 is 75.4 Å². The van der Waals surface area contributed by atoms with Crippen molar-refractivity contribution in [3.05, 3.63) is 25.3 Å². The molecule has 20 nitrogen and oxygen atoms in total. The average Bonchev–Trinajstić information content (AvgIpc) is 3.80. The number of aliphatic hydroxyl groups is 1. The van der Waals surface area contributed by atoms with Crippen LogP contribution < -0.4 is 11.5 Å². The standard InChI is InChI=1S/C21H24N10O10P2S2/c22-15-9-17(26-4-24-15)30(6-28-9)19-12-11(32)8(38-19)1-36-42(33,44)41-14-13-20(31-7-29-10-16(23)25-5-27-18(10)31)39-21(14,2-35-13)3-37-43(34,45)40-12/h4-8,11-14,19-20,32H,1-3H2,(H,33,44)(H,34,45)(H2,22,24,26)(H2,23,25,27)/t8-,11-,12-,13-,14+,19-,20-,21-,42+,43-/m1/s1. The van der Waals surface area contributed by atoms with E-state index in [0.29, 0.717) is 11.2 Å². The Bertz CT molecular complexity index is 1920. The van der Waals surface area contributed by atoms with Crippen LogP contribution in [0.1, 0.15) is 12.5 Å². The third-order valence-corrected chi connectivity index (χ3v) is 11.2. The van der Waals surface area contributed by atoms with E-state index in [0.717, 1.165) is 0 Å². The number of aliphatic hydroxyl groups excluding tert-OH is 1. The first-order chi connectivity index (χ1) is 21.5. The van der Waals surface area contributed by atoms with Crippen molar-refractivity contribution in [2.45, 2.75) is 48.6 Å². The maximum Gasteiger partial charge on any atom is 0.386 e. The number of thiol groups is 2. The third kappa shape index (κ3) is 4.86. The summed E-state index contributed by atoms with van der Waals surface area (Å²) in [5.41, 5.74) is 11.6. The number of nitrogens with zero attached hydrogens (tertiary/aromatic N) is 8. The van der Waals surface area contributed by atoms with E-state index in [9.17, 15) is 14.2 Å². The van der Waals surface area contributed by atoms with Gasteiger partial charge in [0.05, 0.1) is 32.5 Å². The Morgan fingerprint density at radius 3 is 2.13 bits per heavy atom. The van der Waals surface area contributed by atoms with Crippen LogP contribution in [0.5, 0.6) is 0 Å². The quantitative estimate of drug-likeness (QED) is 0.142. The second-order valence-corrected chi connectivity index (χ2v) is 16.4. The first kappa shape index (κ1) is 29.9. The molecule has 4 aromatic heterocycles. The first-order valence-electron chi connectivity index (χ1n) is 13.3. The van der Waals surface area contributed by atoms with Gasteiger partial charge in [0, 0.05) is 0 Å². The van der Waals surface area contributed by atoms with E-state index in [2.05, 4.69) is 54.4 Å². The van der Waals surface area contributed by atoms with E-state index in [1.54, 1.807) is 4.57 Å². The number of nitrogen functional groups attached to an aromatic ring is 2. The zero-order valence-corrected chi connectivity index (χ0v) is 26.2. The van der Waals surface area contributed by atoms with Gasteiger partial charge < -0.3 is 30.8 Å². The fourth-order valence-corrected chi connectivity index (χ4v) is 8.88. The van der Waals surface area contributed by atoms with Crippen LogP contribution in [-0.2, 0) is 41.4 Å². The minimum atomic E-state index is -4.30. The van der Waals surface area contributed by atoms with E-state index in [4.69, 9.17) is 43.8 Å². The van der Waals surface area contributed by atoms with Crippen LogP contribution >= 0.6 is 38.1 Å². The van der Waals surface area contributed by atoms with Crippen LogP contribution in [0.2, 0.25) is 0 Å². The Morgan fingerprint density at radius 1 is 0.844 bits per heavy atom. The minimum Gasteiger partial charge on any atom is -0.387 e. The van der Waals surface area contributed by atoms with E-state index >= 15 is 0 Å². The molecule has 24 heteroatoms. The molecule has 4 aliphatic rings. The van der Waals surface area contributed by atoms with Crippen LogP contribution in [-0.4, -0.2) is 100 Å². The van der Waals surface area contributed by atoms with Crippen LogP contribution in [0.15, 0.2) is 25.3 Å². The van der Waals surface area contributed by atoms with Crippen molar-refractivity contribution in [2.75, 3.05) is 31.3 Å². The van der Waals surface area contributed by atoms with E-state index in [1.165, 1.54) is 29.9 Å². The van der Waals surface area contributed by atoms with E-state index in [1.807, 2.05) is 0 Å². The van der Waals surface area contributed by atoms with Crippen LogP contribution in [0.4, 0.5) is 11.6 Å². The summed E-state index contributed by atoms with van der Waals surface area (Å²) in [6.07, 6.45) is -2.87. The van der Waals surface area contributed by atoms with Gasteiger partial charge in [-0.1, -0.05) is 24.5 Å². The van der Waals surface area contributed by atoms with Gasteiger partial charge in [0.2, 0.25) is 0 Å². The van der Waals surface area contributed by atoms with Crippen molar-refractivity contribution in [3.63, 3.8) is 0 Å². The van der Waals surface area contributed by atoms with Crippen LogP contribution in [0.25, 0.3) is 22.3 Å². The monoisotopic (exact) mass is 702 g/mol. The molecule has 4 aromatic rings. The van der Waals surface area contributed by atoms with Gasteiger partial charge in [-0.25, -0.2) is 39.0 Å². The summed E-state index contributed by atoms with van der Waals surface area (Å²) in [7, 11) is 0. The molecule has 0 saturated carbocycles. The lowest BCUT2D eigenvalue weighted by Crippen LogP contribution is -2.45. The molecular weight excluding hydrogens is 678 g/mol. The molecule has 0 radical (unpaired) electrons. The number of aromatic nitrogens is 8. The normalized spacial score (nSPS) is 40.3. The molecule has 0 spiro atoms. The number of hydrogen-bond acceptors (Lipinski definition) is 18. The largest absolute Gasteiger partial charge is 0.387 e. The Hall–Kier alpha value is -2.46. The molecule has 45 heavy (non-hydrogen) atoms. The van der Waals surface area contributed by atoms with Gasteiger partial charge in [0.15, 0.2) is 35.4 Å². The highest BCUT2D eigenvalue weighted by Crippen LogP contribution is 2.63. The molecule has 4 bridgehead atoms. The highest BCUT2D eigenvalue weighted by Gasteiger charge is 2.66. The molecule has 8 rings (SSSR count). The number of imidazole rings is 2. The number of anilines is 2. The smallest absolute Gasteiger partial charge is 0.386 e. The summed E-state index contributed by atoms with van der Waals surface area (Å²) in [6.45, 7) is -9.57. The number of ether oxygens (including phenoxy) is 3. The minimum absolute atomic E-state index is 0.105. The van der Waals surface area contributed by atoms with Crippen molar-refractivity contribution in [1.29, 1.82) is 0 Å². The summed E-state index contributed by atoms with van der Waals surface area (Å²) < 4.78 is 71.9. The lowest BCUT2D eigenvalue weighted by molar-refractivity contribution is -0.182. The molecule has 5 N–H and O–H groups in total. The van der Waals surface area contributed by atoms with E-state index in [-0.39, 0.29) is 29.4 Å². The highest BCUT2D eigenvalue weighted by molar-refractivity contribution is 8.44. The van der Waals surface area contributed by atoms with Gasteiger partial charge >= 0.3 is 13.6 Å². The number of hydrogen-bond donors (Lipinski definition) is 5. The van der Waals surface area contributed by atoms with Crippen molar-refractivity contribution in [3.8, 4) is 0 Å². The first-order valence-corrected chi connectivity index (χ1v) is 18.6. The summed E-state index contributed by atoms with van der Waals surface area (Å²) in [4.78, 5) is 24.8. The molecule has 0 amide bonds. The lowest BCUT2D eigenvalue weighted by Gasteiger charge is -2.32. The topological polar surface area (TPSA) is 258 Å². The molecular formula is C21H24N10O10P2S2. The number of nitrogens with two attached hydrogens (primary N) is 2. The molecule has 0 aromatic carbocycles. The molecule has 4 saturated heterocycles. The zero-order valence-electron chi connectivity index (χ0n) is 22.6. The second-order valence-electron chi connectivity index (χ2n) is 10.7. The fourth-order valence-electron chi connectivity index (χ4n) is 5.90. The lowest BCUT2D eigenvalue weighted by atomic mass is 10.0. The summed E-state index contributed by atoms with van der Waals surface area (Å²) in [5, 5.41) is 11.2. The molecule has 10 atom stereocenters. The third-order valence-electron chi connectivity index (χ3n) is 7.98. The average molecular weight is 703 g/mol.